The van der Waals surface area contributed by atoms with Crippen molar-refractivity contribution < 1.29 is 14.6 Å². The van der Waals surface area contributed by atoms with Gasteiger partial charge in [-0.3, -0.25) is 4.79 Å². The molecule has 4 nitrogen and oxygen atoms in total. The number of hydrogen-bond donors (Lipinski definition) is 2. The summed E-state index contributed by atoms with van der Waals surface area (Å²) in [5.41, 5.74) is 0.144. The van der Waals surface area contributed by atoms with E-state index in [1.807, 2.05) is 6.92 Å². The van der Waals surface area contributed by atoms with E-state index < -0.39 is 5.60 Å². The summed E-state index contributed by atoms with van der Waals surface area (Å²) in [6.07, 6.45) is 4.71. The molecule has 0 unspecified atom stereocenters. The number of halogens is 1. The number of amides is 1. The zero-order chi connectivity index (χ0) is 15.3. The summed E-state index contributed by atoms with van der Waals surface area (Å²) in [6.45, 7) is 2.12. The Labute approximate surface area is 130 Å². The predicted octanol–water partition coefficient (Wildman–Crippen LogP) is 2.84. The largest absolute Gasteiger partial charge is 0.484 e. The minimum Gasteiger partial charge on any atom is -0.484 e. The number of nitrogens with one attached hydrogen (secondary N) is 1. The first-order chi connectivity index (χ1) is 9.98. The highest BCUT2D eigenvalue weighted by molar-refractivity contribution is 6.30. The summed E-state index contributed by atoms with van der Waals surface area (Å²) < 4.78 is 5.47. The van der Waals surface area contributed by atoms with Crippen molar-refractivity contribution >= 4 is 17.5 Å². The van der Waals surface area contributed by atoms with Crippen molar-refractivity contribution in [1.82, 2.24) is 5.32 Å². The fourth-order valence-corrected chi connectivity index (χ4v) is 2.85. The molecule has 0 aromatic heterocycles. The number of aryl methyl sites for hydroxylation is 1. The molecular formula is C16H22ClNO3. The molecule has 1 aliphatic rings. The molecule has 2 N–H and O–H groups in total. The second-order valence-electron chi connectivity index (χ2n) is 5.76. The zero-order valence-corrected chi connectivity index (χ0v) is 13.1. The molecule has 1 saturated carbocycles. The van der Waals surface area contributed by atoms with Gasteiger partial charge in [0.25, 0.3) is 5.91 Å². The van der Waals surface area contributed by atoms with Crippen LogP contribution < -0.4 is 10.1 Å². The van der Waals surface area contributed by atoms with E-state index in [1.54, 1.807) is 18.2 Å². The smallest absolute Gasteiger partial charge is 0.258 e. The second-order valence-corrected chi connectivity index (χ2v) is 6.20. The van der Waals surface area contributed by atoms with E-state index in [1.165, 1.54) is 0 Å². The number of carbonyl (C=O) groups excluding carboxylic acids is 1. The summed E-state index contributed by atoms with van der Waals surface area (Å²) >= 11 is 5.87. The third kappa shape index (κ3) is 4.90. The van der Waals surface area contributed by atoms with E-state index in [0.29, 0.717) is 17.3 Å². The van der Waals surface area contributed by atoms with Gasteiger partial charge in [-0.2, -0.15) is 0 Å². The van der Waals surface area contributed by atoms with E-state index in [4.69, 9.17) is 16.3 Å². The molecular weight excluding hydrogens is 290 g/mol. The SMILES string of the molecule is Cc1cc(Cl)ccc1OCC(=O)NCC1(O)CCCCC1. The van der Waals surface area contributed by atoms with Crippen LogP contribution in [0.15, 0.2) is 18.2 Å². The molecule has 21 heavy (non-hydrogen) atoms. The Hall–Kier alpha value is -1.26. The van der Waals surface area contributed by atoms with Gasteiger partial charge in [0.2, 0.25) is 0 Å². The molecule has 1 fully saturated rings. The molecule has 1 aromatic carbocycles. The monoisotopic (exact) mass is 311 g/mol. The van der Waals surface area contributed by atoms with Crippen LogP contribution in [0.4, 0.5) is 0 Å². The molecule has 0 atom stereocenters. The summed E-state index contributed by atoms with van der Waals surface area (Å²) in [4.78, 5) is 11.8. The van der Waals surface area contributed by atoms with Gasteiger partial charge in [-0.05, 0) is 43.5 Å². The molecule has 0 aliphatic heterocycles. The van der Waals surface area contributed by atoms with Gasteiger partial charge in [0, 0.05) is 11.6 Å². The normalized spacial score (nSPS) is 17.3. The van der Waals surface area contributed by atoms with Crippen molar-refractivity contribution in [2.75, 3.05) is 13.2 Å². The van der Waals surface area contributed by atoms with Crippen LogP contribution in [-0.2, 0) is 4.79 Å². The molecule has 0 spiro atoms. The fraction of sp³-hybridized carbons (Fsp3) is 0.562. The van der Waals surface area contributed by atoms with Crippen LogP contribution in [-0.4, -0.2) is 29.8 Å². The molecule has 0 heterocycles. The van der Waals surface area contributed by atoms with Gasteiger partial charge in [-0.25, -0.2) is 0 Å². The summed E-state index contributed by atoms with van der Waals surface area (Å²) in [5.74, 6) is 0.425. The summed E-state index contributed by atoms with van der Waals surface area (Å²) in [7, 11) is 0. The van der Waals surface area contributed by atoms with E-state index in [9.17, 15) is 9.90 Å². The lowest BCUT2D eigenvalue weighted by Gasteiger charge is -2.32. The maximum atomic E-state index is 11.8. The van der Waals surface area contributed by atoms with E-state index in [2.05, 4.69) is 5.32 Å². The molecule has 0 bridgehead atoms. The van der Waals surface area contributed by atoms with Gasteiger partial charge in [0.05, 0.1) is 5.60 Å². The maximum Gasteiger partial charge on any atom is 0.258 e. The number of ether oxygens (including phenoxy) is 1. The Morgan fingerprint density at radius 2 is 2.10 bits per heavy atom. The lowest BCUT2D eigenvalue weighted by atomic mass is 9.85. The first-order valence-electron chi connectivity index (χ1n) is 7.37. The highest BCUT2D eigenvalue weighted by Crippen LogP contribution is 2.27. The quantitative estimate of drug-likeness (QED) is 0.879. The van der Waals surface area contributed by atoms with Crippen LogP contribution >= 0.6 is 11.6 Å². The van der Waals surface area contributed by atoms with Crippen molar-refractivity contribution in [1.29, 1.82) is 0 Å². The molecule has 1 amide bonds. The third-order valence-electron chi connectivity index (χ3n) is 3.89. The van der Waals surface area contributed by atoms with Crippen LogP contribution in [0, 0.1) is 6.92 Å². The first kappa shape index (κ1) is 16.1. The van der Waals surface area contributed by atoms with E-state index in [0.717, 1.165) is 37.7 Å². The predicted molar refractivity (Wildman–Crippen MR) is 82.7 cm³/mol. The van der Waals surface area contributed by atoms with Crippen molar-refractivity contribution in [3.63, 3.8) is 0 Å². The molecule has 1 aliphatic carbocycles. The highest BCUT2D eigenvalue weighted by atomic mass is 35.5. The average Bonchev–Trinajstić information content (AvgIpc) is 2.45. The van der Waals surface area contributed by atoms with Crippen molar-refractivity contribution in [3.8, 4) is 5.75 Å². The fourth-order valence-electron chi connectivity index (χ4n) is 2.62. The van der Waals surface area contributed by atoms with Crippen molar-refractivity contribution in [3.05, 3.63) is 28.8 Å². The zero-order valence-electron chi connectivity index (χ0n) is 12.3. The Bertz CT molecular complexity index is 498. The van der Waals surface area contributed by atoms with Gasteiger partial charge in [-0.15, -0.1) is 0 Å². The van der Waals surface area contributed by atoms with Gasteiger partial charge < -0.3 is 15.2 Å². The van der Waals surface area contributed by atoms with Gasteiger partial charge in [-0.1, -0.05) is 30.9 Å². The summed E-state index contributed by atoms with van der Waals surface area (Å²) in [6, 6.07) is 5.27. The number of carbonyl (C=O) groups is 1. The Morgan fingerprint density at radius 1 is 1.38 bits per heavy atom. The van der Waals surface area contributed by atoms with E-state index >= 15 is 0 Å². The van der Waals surface area contributed by atoms with Crippen molar-refractivity contribution in [2.45, 2.75) is 44.6 Å². The maximum absolute atomic E-state index is 11.8. The van der Waals surface area contributed by atoms with Gasteiger partial charge in [0.1, 0.15) is 5.75 Å². The average molecular weight is 312 g/mol. The number of aliphatic hydroxyl groups is 1. The molecule has 2 rings (SSSR count). The van der Waals surface area contributed by atoms with Crippen LogP contribution in [0.1, 0.15) is 37.7 Å². The Balaban J connectivity index is 1.77. The van der Waals surface area contributed by atoms with Crippen LogP contribution in [0.5, 0.6) is 5.75 Å². The standard InChI is InChI=1S/C16H22ClNO3/c1-12-9-13(17)5-6-14(12)21-10-15(19)18-11-16(20)7-3-2-4-8-16/h5-6,9,20H,2-4,7-8,10-11H2,1H3,(H,18,19). The summed E-state index contributed by atoms with van der Waals surface area (Å²) in [5, 5.41) is 13.7. The number of hydrogen-bond acceptors (Lipinski definition) is 3. The number of rotatable bonds is 5. The molecule has 116 valence electrons. The van der Waals surface area contributed by atoms with Gasteiger partial charge >= 0.3 is 0 Å². The van der Waals surface area contributed by atoms with Gasteiger partial charge in [0.15, 0.2) is 6.61 Å². The van der Waals surface area contributed by atoms with Crippen molar-refractivity contribution in [2.24, 2.45) is 0 Å². The minimum absolute atomic E-state index is 0.0570. The topological polar surface area (TPSA) is 58.6 Å². The lowest BCUT2D eigenvalue weighted by Crippen LogP contribution is -2.45. The highest BCUT2D eigenvalue weighted by Gasteiger charge is 2.29. The minimum atomic E-state index is -0.746. The molecule has 5 heteroatoms. The molecule has 1 aromatic rings. The first-order valence-corrected chi connectivity index (χ1v) is 7.74. The number of benzene rings is 1. The van der Waals surface area contributed by atoms with Crippen LogP contribution in [0.3, 0.4) is 0 Å². The van der Waals surface area contributed by atoms with Crippen LogP contribution in [0.25, 0.3) is 0 Å². The Kier molecular flexibility index (Phi) is 5.48. The molecule has 0 radical (unpaired) electrons. The molecule has 0 saturated heterocycles. The lowest BCUT2D eigenvalue weighted by molar-refractivity contribution is -0.124. The Morgan fingerprint density at radius 3 is 2.76 bits per heavy atom. The third-order valence-corrected chi connectivity index (χ3v) is 4.13. The van der Waals surface area contributed by atoms with E-state index in [-0.39, 0.29) is 12.5 Å². The van der Waals surface area contributed by atoms with Crippen LogP contribution in [0.2, 0.25) is 5.02 Å². The second kappa shape index (κ2) is 7.14.